The molecule has 0 unspecified atom stereocenters. The number of carbonyl (C=O) groups is 3. The van der Waals surface area contributed by atoms with Crippen molar-refractivity contribution in [2.75, 3.05) is 26.2 Å². The Morgan fingerprint density at radius 2 is 1.65 bits per heavy atom. The van der Waals surface area contributed by atoms with E-state index in [2.05, 4.69) is 0 Å². The molecule has 2 amide bonds. The number of amides is 2. The van der Waals surface area contributed by atoms with E-state index in [0.717, 1.165) is 24.0 Å². The maximum Gasteiger partial charge on any atom is 0.410 e. The van der Waals surface area contributed by atoms with Crippen LogP contribution in [0.15, 0.2) is 18.2 Å². The number of rotatable bonds is 1. The Morgan fingerprint density at radius 1 is 1.00 bits per heavy atom. The van der Waals surface area contributed by atoms with E-state index in [9.17, 15) is 14.4 Å². The van der Waals surface area contributed by atoms with Gasteiger partial charge in [-0.25, -0.2) is 4.79 Å². The largest absolute Gasteiger partial charge is 0.444 e. The summed E-state index contributed by atoms with van der Waals surface area (Å²) in [5.74, 6) is 0.117. The highest BCUT2D eigenvalue weighted by atomic mass is 16.6. The van der Waals surface area contributed by atoms with Crippen molar-refractivity contribution < 1.29 is 19.1 Å². The van der Waals surface area contributed by atoms with Crippen molar-refractivity contribution in [1.82, 2.24) is 9.80 Å². The van der Waals surface area contributed by atoms with E-state index in [-0.39, 0.29) is 17.8 Å². The van der Waals surface area contributed by atoms with Crippen LogP contribution in [0.4, 0.5) is 4.79 Å². The molecule has 1 heterocycles. The minimum Gasteiger partial charge on any atom is -0.444 e. The van der Waals surface area contributed by atoms with Gasteiger partial charge in [-0.15, -0.1) is 0 Å². The normalized spacial score (nSPS) is 17.7. The average molecular weight is 358 g/mol. The van der Waals surface area contributed by atoms with Gasteiger partial charge < -0.3 is 14.5 Å². The van der Waals surface area contributed by atoms with Crippen LogP contribution in [0.5, 0.6) is 0 Å². The lowest BCUT2D eigenvalue weighted by Crippen LogP contribution is -2.51. The van der Waals surface area contributed by atoms with Crippen LogP contribution in [0.25, 0.3) is 0 Å². The summed E-state index contributed by atoms with van der Waals surface area (Å²) in [4.78, 5) is 40.2. The van der Waals surface area contributed by atoms with Gasteiger partial charge in [0, 0.05) is 43.7 Å². The number of Topliss-reactive ketones (excluding diaryl/α,β-unsaturated/α-hetero) is 1. The number of ketones is 1. The molecule has 6 nitrogen and oxygen atoms in total. The van der Waals surface area contributed by atoms with Crippen LogP contribution in [-0.4, -0.2) is 59.4 Å². The van der Waals surface area contributed by atoms with Gasteiger partial charge in [-0.3, -0.25) is 9.59 Å². The Morgan fingerprint density at radius 3 is 2.31 bits per heavy atom. The van der Waals surface area contributed by atoms with Crippen molar-refractivity contribution in [2.45, 2.75) is 45.6 Å². The maximum atomic E-state index is 12.8. The summed E-state index contributed by atoms with van der Waals surface area (Å²) in [6, 6.07) is 5.38. The molecule has 1 aromatic rings. The minimum atomic E-state index is -0.523. The van der Waals surface area contributed by atoms with E-state index in [1.807, 2.05) is 26.8 Å². The second kappa shape index (κ2) is 7.09. The number of hydrogen-bond acceptors (Lipinski definition) is 4. The summed E-state index contributed by atoms with van der Waals surface area (Å²) in [6.07, 6.45) is 1.94. The number of nitrogens with zero attached hydrogens (tertiary/aromatic N) is 2. The lowest BCUT2D eigenvalue weighted by molar-refractivity contribution is 0.0141. The number of fused-ring (bicyclic) bond motifs is 1. The molecule has 0 radical (unpaired) electrons. The second-order valence-corrected chi connectivity index (χ2v) is 7.91. The van der Waals surface area contributed by atoms with Gasteiger partial charge >= 0.3 is 6.09 Å². The minimum absolute atomic E-state index is 0.0466. The number of aryl methyl sites for hydroxylation is 1. The monoisotopic (exact) mass is 358 g/mol. The number of carbonyl (C=O) groups excluding carboxylic acids is 3. The third kappa shape index (κ3) is 4.06. The highest BCUT2D eigenvalue weighted by molar-refractivity contribution is 6.01. The predicted molar refractivity (Wildman–Crippen MR) is 97.4 cm³/mol. The Kier molecular flexibility index (Phi) is 5.03. The molecule has 1 aliphatic carbocycles. The van der Waals surface area contributed by atoms with Crippen molar-refractivity contribution in [3.63, 3.8) is 0 Å². The molecule has 0 N–H and O–H groups in total. The summed E-state index contributed by atoms with van der Waals surface area (Å²) in [5, 5.41) is 0. The fourth-order valence-corrected chi connectivity index (χ4v) is 3.38. The summed E-state index contributed by atoms with van der Waals surface area (Å²) < 4.78 is 5.38. The highest BCUT2D eigenvalue weighted by Crippen LogP contribution is 2.23. The van der Waals surface area contributed by atoms with Gasteiger partial charge in [0.2, 0.25) is 0 Å². The van der Waals surface area contributed by atoms with Crippen molar-refractivity contribution in [1.29, 1.82) is 0 Å². The van der Waals surface area contributed by atoms with Crippen molar-refractivity contribution in [2.24, 2.45) is 0 Å². The fraction of sp³-hybridized carbons (Fsp3) is 0.550. The third-order valence-electron chi connectivity index (χ3n) is 4.72. The van der Waals surface area contributed by atoms with Crippen LogP contribution in [0.2, 0.25) is 0 Å². The van der Waals surface area contributed by atoms with E-state index < -0.39 is 5.60 Å². The molecule has 140 valence electrons. The van der Waals surface area contributed by atoms with E-state index in [0.29, 0.717) is 38.2 Å². The molecule has 2 aliphatic rings. The Balaban J connectivity index is 1.62. The zero-order valence-electron chi connectivity index (χ0n) is 15.7. The van der Waals surface area contributed by atoms with E-state index in [1.54, 1.807) is 21.9 Å². The summed E-state index contributed by atoms with van der Waals surface area (Å²) >= 11 is 0. The molecule has 1 fully saturated rings. The number of piperazine rings is 1. The highest BCUT2D eigenvalue weighted by Gasteiger charge is 2.28. The van der Waals surface area contributed by atoms with Gasteiger partial charge in [0.05, 0.1) is 0 Å². The van der Waals surface area contributed by atoms with Crippen LogP contribution in [0.3, 0.4) is 0 Å². The van der Waals surface area contributed by atoms with Crippen LogP contribution in [0.1, 0.15) is 59.9 Å². The van der Waals surface area contributed by atoms with Gasteiger partial charge in [0.25, 0.3) is 5.91 Å². The van der Waals surface area contributed by atoms with Gasteiger partial charge in [0.15, 0.2) is 5.78 Å². The third-order valence-corrected chi connectivity index (χ3v) is 4.72. The first-order chi connectivity index (χ1) is 12.2. The zero-order valence-corrected chi connectivity index (χ0v) is 15.7. The Labute approximate surface area is 154 Å². The first-order valence-corrected chi connectivity index (χ1v) is 9.18. The molecule has 0 saturated carbocycles. The van der Waals surface area contributed by atoms with E-state index in [1.165, 1.54) is 0 Å². The van der Waals surface area contributed by atoms with Crippen molar-refractivity contribution >= 4 is 17.8 Å². The van der Waals surface area contributed by atoms with E-state index >= 15 is 0 Å². The predicted octanol–water partition coefficient (Wildman–Crippen LogP) is 2.90. The van der Waals surface area contributed by atoms with Crippen LogP contribution < -0.4 is 0 Å². The summed E-state index contributed by atoms with van der Waals surface area (Å²) in [5.41, 5.74) is 1.82. The molecule has 1 saturated heterocycles. The molecule has 3 rings (SSSR count). The lowest BCUT2D eigenvalue weighted by Gasteiger charge is -2.35. The van der Waals surface area contributed by atoms with Crippen LogP contribution in [-0.2, 0) is 11.2 Å². The average Bonchev–Trinajstić information content (AvgIpc) is 2.60. The summed E-state index contributed by atoms with van der Waals surface area (Å²) in [7, 11) is 0. The van der Waals surface area contributed by atoms with Crippen molar-refractivity contribution in [3.05, 3.63) is 34.9 Å². The molecule has 26 heavy (non-hydrogen) atoms. The molecule has 0 aromatic heterocycles. The second-order valence-electron chi connectivity index (χ2n) is 7.91. The Bertz CT molecular complexity index is 728. The van der Waals surface area contributed by atoms with Gasteiger partial charge in [-0.1, -0.05) is 6.07 Å². The number of hydrogen-bond donors (Lipinski definition) is 0. The molecule has 6 heteroatoms. The van der Waals surface area contributed by atoms with E-state index in [4.69, 9.17) is 4.74 Å². The topological polar surface area (TPSA) is 66.9 Å². The molecular weight excluding hydrogens is 332 g/mol. The molecule has 0 atom stereocenters. The van der Waals surface area contributed by atoms with Gasteiger partial charge in [-0.05, 0) is 51.3 Å². The first-order valence-electron chi connectivity index (χ1n) is 9.18. The fourth-order valence-electron chi connectivity index (χ4n) is 3.38. The molecule has 0 spiro atoms. The zero-order chi connectivity index (χ0) is 18.9. The maximum absolute atomic E-state index is 12.8. The number of benzene rings is 1. The van der Waals surface area contributed by atoms with Crippen LogP contribution in [0, 0.1) is 0 Å². The number of ether oxygens (including phenoxy) is 1. The van der Waals surface area contributed by atoms with Gasteiger partial charge in [-0.2, -0.15) is 0 Å². The molecular formula is C20H26N2O4. The quantitative estimate of drug-likeness (QED) is 0.774. The van der Waals surface area contributed by atoms with Crippen molar-refractivity contribution in [3.8, 4) is 0 Å². The molecule has 1 aliphatic heterocycles. The molecule has 0 bridgehead atoms. The first kappa shape index (κ1) is 18.4. The van der Waals surface area contributed by atoms with Gasteiger partial charge in [0.1, 0.15) is 5.60 Å². The molecule has 1 aromatic carbocycles. The summed E-state index contributed by atoms with van der Waals surface area (Å²) in [6.45, 7) is 7.40. The standard InChI is InChI=1S/C20H26N2O4/c1-20(2,3)26-19(25)22-11-9-21(10-12-22)18(24)15-7-8-16-14(13-15)5-4-6-17(16)23/h7-8,13H,4-6,9-12H2,1-3H3. The lowest BCUT2D eigenvalue weighted by atomic mass is 9.89. The van der Waals surface area contributed by atoms with Crippen LogP contribution >= 0.6 is 0 Å². The Hall–Kier alpha value is -2.37. The SMILES string of the molecule is CC(C)(C)OC(=O)N1CCN(C(=O)c2ccc3c(c2)CCCC3=O)CC1. The smallest absolute Gasteiger partial charge is 0.410 e.